The molecule has 2 aromatic rings. The molecule has 0 spiro atoms. The SMILES string of the molecule is CO[C@@H]1[C@H]2CC[C@H]1OCCN2Cc1ccc2ccccc2n1. The van der Waals surface area contributed by atoms with Gasteiger partial charge in [0.15, 0.2) is 0 Å². The zero-order valence-electron chi connectivity index (χ0n) is 12.9. The van der Waals surface area contributed by atoms with E-state index in [4.69, 9.17) is 14.5 Å². The lowest BCUT2D eigenvalue weighted by Crippen LogP contribution is -2.42. The number of nitrogens with zero attached hydrogens (tertiary/aromatic N) is 2. The minimum atomic E-state index is 0.197. The lowest BCUT2D eigenvalue weighted by molar-refractivity contribution is -0.0326. The van der Waals surface area contributed by atoms with Crippen molar-refractivity contribution in [3.05, 3.63) is 42.1 Å². The third-order valence-electron chi connectivity index (χ3n) is 4.97. The summed E-state index contributed by atoms with van der Waals surface area (Å²) in [4.78, 5) is 7.29. The number of pyridine rings is 1. The Kier molecular flexibility index (Phi) is 3.82. The van der Waals surface area contributed by atoms with Crippen molar-refractivity contribution in [3.8, 4) is 0 Å². The average molecular weight is 298 g/mol. The Balaban J connectivity index is 1.58. The van der Waals surface area contributed by atoms with Gasteiger partial charge in [0.2, 0.25) is 0 Å². The normalized spacial score (nSPS) is 28.9. The fraction of sp³-hybridized carbons (Fsp3) is 0.500. The monoisotopic (exact) mass is 298 g/mol. The number of methoxy groups -OCH3 is 1. The van der Waals surface area contributed by atoms with E-state index in [-0.39, 0.29) is 12.2 Å². The Morgan fingerprint density at radius 2 is 2.14 bits per heavy atom. The molecule has 2 fully saturated rings. The summed E-state index contributed by atoms with van der Waals surface area (Å²) in [5, 5.41) is 1.20. The number of hydrogen-bond donors (Lipinski definition) is 0. The van der Waals surface area contributed by atoms with E-state index in [1.807, 2.05) is 6.07 Å². The van der Waals surface area contributed by atoms with Crippen LogP contribution in [0.3, 0.4) is 0 Å². The number of fused-ring (bicyclic) bond motifs is 3. The van der Waals surface area contributed by atoms with Crippen LogP contribution in [-0.2, 0) is 16.0 Å². The molecule has 4 heteroatoms. The van der Waals surface area contributed by atoms with Crippen molar-refractivity contribution in [2.45, 2.75) is 37.6 Å². The van der Waals surface area contributed by atoms with Crippen LogP contribution in [0.25, 0.3) is 10.9 Å². The maximum absolute atomic E-state index is 5.95. The molecule has 4 rings (SSSR count). The number of para-hydroxylation sites is 1. The van der Waals surface area contributed by atoms with Crippen molar-refractivity contribution in [2.75, 3.05) is 20.3 Å². The van der Waals surface area contributed by atoms with E-state index in [0.717, 1.165) is 43.7 Å². The maximum Gasteiger partial charge on any atom is 0.0987 e. The van der Waals surface area contributed by atoms with Crippen molar-refractivity contribution >= 4 is 10.9 Å². The molecule has 2 aliphatic rings. The molecule has 1 aromatic carbocycles. The van der Waals surface area contributed by atoms with E-state index in [1.165, 1.54) is 5.39 Å². The minimum Gasteiger partial charge on any atom is -0.377 e. The number of aromatic nitrogens is 1. The molecule has 0 unspecified atom stereocenters. The van der Waals surface area contributed by atoms with Crippen LogP contribution in [0.1, 0.15) is 18.5 Å². The topological polar surface area (TPSA) is 34.6 Å². The van der Waals surface area contributed by atoms with Gasteiger partial charge >= 0.3 is 0 Å². The van der Waals surface area contributed by atoms with Gasteiger partial charge in [-0.1, -0.05) is 24.3 Å². The van der Waals surface area contributed by atoms with Gasteiger partial charge in [0.25, 0.3) is 0 Å². The molecule has 2 heterocycles. The number of rotatable bonds is 3. The van der Waals surface area contributed by atoms with Gasteiger partial charge in [0.1, 0.15) is 0 Å². The molecule has 0 radical (unpaired) electrons. The predicted molar refractivity (Wildman–Crippen MR) is 85.7 cm³/mol. The molecule has 0 amide bonds. The van der Waals surface area contributed by atoms with Crippen LogP contribution in [0.15, 0.2) is 36.4 Å². The summed E-state index contributed by atoms with van der Waals surface area (Å²) in [6.07, 6.45) is 2.72. The van der Waals surface area contributed by atoms with Crippen molar-refractivity contribution in [2.24, 2.45) is 0 Å². The third-order valence-corrected chi connectivity index (χ3v) is 4.97. The van der Waals surface area contributed by atoms with Gasteiger partial charge in [-0.25, -0.2) is 0 Å². The molecule has 2 bridgehead atoms. The lowest BCUT2D eigenvalue weighted by atomic mass is 10.1. The quantitative estimate of drug-likeness (QED) is 0.872. The number of hydrogen-bond acceptors (Lipinski definition) is 4. The highest BCUT2D eigenvalue weighted by Gasteiger charge is 2.42. The van der Waals surface area contributed by atoms with Gasteiger partial charge in [-0.15, -0.1) is 0 Å². The number of benzene rings is 1. The largest absolute Gasteiger partial charge is 0.377 e. The van der Waals surface area contributed by atoms with Crippen LogP contribution in [0, 0.1) is 0 Å². The molecule has 4 nitrogen and oxygen atoms in total. The smallest absolute Gasteiger partial charge is 0.0987 e. The fourth-order valence-electron chi connectivity index (χ4n) is 3.88. The summed E-state index contributed by atoms with van der Waals surface area (Å²) in [5.74, 6) is 0. The highest BCUT2D eigenvalue weighted by Crippen LogP contribution is 2.32. The van der Waals surface area contributed by atoms with E-state index in [9.17, 15) is 0 Å². The lowest BCUT2D eigenvalue weighted by Gasteiger charge is -2.30. The molecule has 1 aliphatic carbocycles. The first-order valence-corrected chi connectivity index (χ1v) is 8.08. The standard InChI is InChI=1S/C18H22N2O2/c1-21-18-16-8-9-17(18)22-11-10-20(16)12-14-7-6-13-4-2-3-5-15(13)19-14/h2-7,16-18H,8-12H2,1H3/t16-,17-,18-/m1/s1. The third kappa shape index (κ3) is 2.51. The predicted octanol–water partition coefficient (Wildman–Crippen LogP) is 2.61. The van der Waals surface area contributed by atoms with Crippen LogP contribution in [0.5, 0.6) is 0 Å². The summed E-state index contributed by atoms with van der Waals surface area (Å²) >= 11 is 0. The molecule has 1 aromatic heterocycles. The molecule has 116 valence electrons. The summed E-state index contributed by atoms with van der Waals surface area (Å²) in [5.41, 5.74) is 2.19. The van der Waals surface area contributed by atoms with Crippen molar-refractivity contribution in [1.82, 2.24) is 9.88 Å². The van der Waals surface area contributed by atoms with Crippen molar-refractivity contribution < 1.29 is 9.47 Å². The number of ether oxygens (including phenoxy) is 2. The van der Waals surface area contributed by atoms with Gasteiger partial charge in [0.05, 0.1) is 30.0 Å². The molecule has 0 N–H and O–H groups in total. The second-order valence-electron chi connectivity index (χ2n) is 6.22. The van der Waals surface area contributed by atoms with E-state index in [0.29, 0.717) is 6.04 Å². The highest BCUT2D eigenvalue weighted by atomic mass is 16.5. The first-order valence-electron chi connectivity index (χ1n) is 8.08. The van der Waals surface area contributed by atoms with Gasteiger partial charge < -0.3 is 9.47 Å². The van der Waals surface area contributed by atoms with E-state index >= 15 is 0 Å². The average Bonchev–Trinajstić information content (AvgIpc) is 2.87. The summed E-state index contributed by atoms with van der Waals surface area (Å²) in [6, 6.07) is 13.0. The summed E-state index contributed by atoms with van der Waals surface area (Å²) < 4.78 is 11.7. The summed E-state index contributed by atoms with van der Waals surface area (Å²) in [6.45, 7) is 2.61. The van der Waals surface area contributed by atoms with E-state index in [1.54, 1.807) is 7.11 Å². The van der Waals surface area contributed by atoms with Crippen LogP contribution in [0.4, 0.5) is 0 Å². The molecule has 1 saturated heterocycles. The van der Waals surface area contributed by atoms with E-state index < -0.39 is 0 Å². The second kappa shape index (κ2) is 5.95. The second-order valence-corrected chi connectivity index (χ2v) is 6.22. The Labute approximate surface area is 131 Å². The maximum atomic E-state index is 5.95. The van der Waals surface area contributed by atoms with Gasteiger partial charge in [-0.05, 0) is 25.0 Å². The van der Waals surface area contributed by atoms with Crippen LogP contribution in [-0.4, -0.2) is 48.4 Å². The van der Waals surface area contributed by atoms with Gasteiger partial charge in [-0.3, -0.25) is 9.88 Å². The van der Waals surface area contributed by atoms with Crippen molar-refractivity contribution in [3.63, 3.8) is 0 Å². The first-order chi connectivity index (χ1) is 10.8. The Bertz CT molecular complexity index is 660. The fourth-order valence-corrected chi connectivity index (χ4v) is 3.88. The molecule has 3 atom stereocenters. The van der Waals surface area contributed by atoms with Crippen LogP contribution < -0.4 is 0 Å². The van der Waals surface area contributed by atoms with Gasteiger partial charge in [0, 0.05) is 31.6 Å². The Hall–Kier alpha value is -1.49. The molecule has 1 saturated carbocycles. The first kappa shape index (κ1) is 14.1. The highest BCUT2D eigenvalue weighted by molar-refractivity contribution is 5.78. The van der Waals surface area contributed by atoms with E-state index in [2.05, 4.69) is 35.2 Å². The molecular weight excluding hydrogens is 276 g/mol. The minimum absolute atomic E-state index is 0.197. The molecule has 1 aliphatic heterocycles. The van der Waals surface area contributed by atoms with Crippen LogP contribution >= 0.6 is 0 Å². The molecule has 22 heavy (non-hydrogen) atoms. The zero-order chi connectivity index (χ0) is 14.9. The van der Waals surface area contributed by atoms with Gasteiger partial charge in [-0.2, -0.15) is 0 Å². The van der Waals surface area contributed by atoms with Crippen molar-refractivity contribution in [1.29, 1.82) is 0 Å². The van der Waals surface area contributed by atoms with Crippen LogP contribution in [0.2, 0.25) is 0 Å². The Morgan fingerprint density at radius 3 is 3.05 bits per heavy atom. The molecular formula is C18H22N2O2. The summed E-state index contributed by atoms with van der Waals surface area (Å²) in [7, 11) is 1.80. The Morgan fingerprint density at radius 1 is 1.23 bits per heavy atom. The zero-order valence-corrected chi connectivity index (χ0v) is 12.9.